The van der Waals surface area contributed by atoms with Crippen molar-refractivity contribution in [2.45, 2.75) is 17.6 Å². The minimum Gasteiger partial charge on any atom is -0.495 e. The van der Waals surface area contributed by atoms with E-state index in [9.17, 15) is 9.59 Å². The van der Waals surface area contributed by atoms with Crippen LogP contribution in [0, 0.1) is 6.92 Å². The number of hydrogen-bond donors (Lipinski definition) is 1. The number of halogens is 1. The van der Waals surface area contributed by atoms with Gasteiger partial charge >= 0.3 is 5.97 Å². The predicted octanol–water partition coefficient (Wildman–Crippen LogP) is 5.20. The average Bonchev–Trinajstić information content (AvgIpc) is 3.16. The molecule has 3 aromatic rings. The third kappa shape index (κ3) is 6.22. The van der Waals surface area contributed by atoms with Gasteiger partial charge in [0.05, 0.1) is 28.4 Å². The highest BCUT2D eigenvalue weighted by Gasteiger charge is 2.12. The van der Waals surface area contributed by atoms with Gasteiger partial charge in [-0.05, 0) is 49.4 Å². The fraction of sp³-hybridized carbons (Fsp3) is 0.190. The fourth-order valence-corrected chi connectivity index (χ4v) is 4.24. The van der Waals surface area contributed by atoms with Gasteiger partial charge < -0.3 is 14.8 Å². The van der Waals surface area contributed by atoms with E-state index in [0.717, 1.165) is 21.3 Å². The molecule has 2 aromatic carbocycles. The maximum atomic E-state index is 12.2. The lowest BCUT2D eigenvalue weighted by atomic mass is 10.2. The number of benzene rings is 2. The maximum Gasteiger partial charge on any atom is 0.338 e. The van der Waals surface area contributed by atoms with Crippen LogP contribution in [0.15, 0.2) is 52.7 Å². The van der Waals surface area contributed by atoms with E-state index >= 15 is 0 Å². The summed E-state index contributed by atoms with van der Waals surface area (Å²) >= 11 is 9.29. The number of ether oxygens (including phenoxy) is 2. The van der Waals surface area contributed by atoms with Crippen LogP contribution in [-0.4, -0.2) is 30.6 Å². The van der Waals surface area contributed by atoms with Crippen LogP contribution < -0.4 is 10.1 Å². The largest absolute Gasteiger partial charge is 0.495 e. The smallest absolute Gasteiger partial charge is 0.338 e. The quantitative estimate of drug-likeness (QED) is 0.366. The standard InChI is InChI=1S/C21H19ClN2O4S2/c1-13-23-16(11-29-13)12-30-17-6-3-14(4-7-17)21(26)28-10-20(25)24-15-5-8-19(27-2)18(22)9-15/h3-9,11H,10,12H2,1-2H3,(H,24,25). The van der Waals surface area contributed by atoms with Crippen LogP contribution >= 0.6 is 34.7 Å². The molecule has 0 aliphatic rings. The number of carbonyl (C=O) groups is 2. The van der Waals surface area contributed by atoms with Crippen molar-refractivity contribution in [1.29, 1.82) is 0 Å². The third-order valence-corrected chi connectivity index (χ3v) is 6.08. The Morgan fingerprint density at radius 2 is 1.97 bits per heavy atom. The van der Waals surface area contributed by atoms with Crippen molar-refractivity contribution in [3.63, 3.8) is 0 Å². The van der Waals surface area contributed by atoms with E-state index in [1.165, 1.54) is 7.11 Å². The third-order valence-electron chi connectivity index (χ3n) is 3.91. The molecule has 6 nitrogen and oxygen atoms in total. The summed E-state index contributed by atoms with van der Waals surface area (Å²) in [6.45, 7) is 1.58. The summed E-state index contributed by atoms with van der Waals surface area (Å²) in [6, 6.07) is 11.9. The van der Waals surface area contributed by atoms with Crippen LogP contribution in [0.1, 0.15) is 21.1 Å². The highest BCUT2D eigenvalue weighted by atomic mass is 35.5. The average molecular weight is 463 g/mol. The molecule has 0 spiro atoms. The summed E-state index contributed by atoms with van der Waals surface area (Å²) in [5.74, 6) is 0.244. The number of anilines is 1. The number of amides is 1. The lowest BCUT2D eigenvalue weighted by Gasteiger charge is -2.09. The zero-order valence-corrected chi connectivity index (χ0v) is 18.7. The van der Waals surface area contributed by atoms with Gasteiger partial charge in [0.2, 0.25) is 0 Å². The molecule has 0 radical (unpaired) electrons. The van der Waals surface area contributed by atoms with Crippen LogP contribution in [0.3, 0.4) is 0 Å². The highest BCUT2D eigenvalue weighted by Crippen LogP contribution is 2.27. The summed E-state index contributed by atoms with van der Waals surface area (Å²) in [7, 11) is 1.51. The Morgan fingerprint density at radius 1 is 1.20 bits per heavy atom. The molecule has 0 fully saturated rings. The molecule has 0 aliphatic heterocycles. The molecule has 1 heterocycles. The van der Waals surface area contributed by atoms with Crippen LogP contribution in [-0.2, 0) is 15.3 Å². The van der Waals surface area contributed by atoms with Crippen molar-refractivity contribution in [3.8, 4) is 5.75 Å². The number of aryl methyl sites for hydroxylation is 1. The van der Waals surface area contributed by atoms with E-state index in [1.807, 2.05) is 24.4 Å². The molecular weight excluding hydrogens is 444 g/mol. The Bertz CT molecular complexity index is 1040. The molecule has 156 valence electrons. The first-order valence-corrected chi connectivity index (χ1v) is 11.1. The first kappa shape index (κ1) is 22.1. The van der Waals surface area contributed by atoms with E-state index in [-0.39, 0.29) is 0 Å². The Hall–Kier alpha value is -2.55. The summed E-state index contributed by atoms with van der Waals surface area (Å²) in [6.07, 6.45) is 0. The second-order valence-corrected chi connectivity index (χ2v) is 8.66. The number of rotatable bonds is 8. The number of carbonyl (C=O) groups excluding carboxylic acids is 2. The molecule has 9 heteroatoms. The first-order valence-electron chi connectivity index (χ1n) is 8.89. The molecule has 1 amide bonds. The van der Waals surface area contributed by atoms with Crippen molar-refractivity contribution in [2.24, 2.45) is 0 Å². The number of esters is 1. The second-order valence-electron chi connectivity index (χ2n) is 6.14. The molecule has 0 saturated heterocycles. The molecule has 30 heavy (non-hydrogen) atoms. The summed E-state index contributed by atoms with van der Waals surface area (Å²) in [4.78, 5) is 29.6. The van der Waals surface area contributed by atoms with Crippen LogP contribution in [0.25, 0.3) is 0 Å². The van der Waals surface area contributed by atoms with Gasteiger partial charge in [-0.1, -0.05) is 11.6 Å². The van der Waals surface area contributed by atoms with E-state index < -0.39 is 18.5 Å². The van der Waals surface area contributed by atoms with Crippen molar-refractivity contribution >= 4 is 52.3 Å². The summed E-state index contributed by atoms with van der Waals surface area (Å²) in [5, 5.41) is 6.07. The second kappa shape index (κ2) is 10.5. The van der Waals surface area contributed by atoms with Gasteiger partial charge in [0.15, 0.2) is 6.61 Å². The van der Waals surface area contributed by atoms with E-state index in [4.69, 9.17) is 21.1 Å². The lowest BCUT2D eigenvalue weighted by molar-refractivity contribution is -0.119. The Morgan fingerprint density at radius 3 is 2.60 bits per heavy atom. The van der Waals surface area contributed by atoms with E-state index in [0.29, 0.717) is 22.0 Å². The molecule has 1 N–H and O–H groups in total. The SMILES string of the molecule is COc1ccc(NC(=O)COC(=O)c2ccc(SCc3csc(C)n3)cc2)cc1Cl. The number of thioether (sulfide) groups is 1. The van der Waals surface area contributed by atoms with Gasteiger partial charge in [-0.15, -0.1) is 23.1 Å². The Kier molecular flexibility index (Phi) is 7.73. The predicted molar refractivity (Wildman–Crippen MR) is 120 cm³/mol. The number of thiazole rings is 1. The van der Waals surface area contributed by atoms with Crippen LogP contribution in [0.5, 0.6) is 5.75 Å². The number of hydrogen-bond acceptors (Lipinski definition) is 7. The van der Waals surface area contributed by atoms with E-state index in [2.05, 4.69) is 10.3 Å². The molecule has 0 bridgehead atoms. The molecule has 0 saturated carbocycles. The minimum absolute atomic E-state index is 0.371. The Balaban J connectivity index is 1.47. The van der Waals surface area contributed by atoms with Crippen LogP contribution in [0.2, 0.25) is 5.02 Å². The van der Waals surface area contributed by atoms with Gasteiger partial charge in [0.25, 0.3) is 5.91 Å². The normalized spacial score (nSPS) is 10.5. The van der Waals surface area contributed by atoms with Gasteiger partial charge in [0, 0.05) is 21.7 Å². The van der Waals surface area contributed by atoms with Gasteiger partial charge in [-0.2, -0.15) is 0 Å². The van der Waals surface area contributed by atoms with Crippen molar-refractivity contribution in [2.75, 3.05) is 19.0 Å². The Labute approximate surface area is 187 Å². The molecular formula is C21H19ClN2O4S2. The lowest BCUT2D eigenvalue weighted by Crippen LogP contribution is -2.20. The number of methoxy groups -OCH3 is 1. The van der Waals surface area contributed by atoms with Gasteiger partial charge in [0.1, 0.15) is 5.75 Å². The minimum atomic E-state index is -0.565. The maximum absolute atomic E-state index is 12.2. The zero-order valence-electron chi connectivity index (χ0n) is 16.3. The zero-order chi connectivity index (χ0) is 21.5. The van der Waals surface area contributed by atoms with Gasteiger partial charge in [-0.3, -0.25) is 4.79 Å². The molecule has 3 rings (SSSR count). The van der Waals surface area contributed by atoms with Gasteiger partial charge in [-0.25, -0.2) is 9.78 Å². The molecule has 1 aromatic heterocycles. The van der Waals surface area contributed by atoms with E-state index in [1.54, 1.807) is 53.4 Å². The van der Waals surface area contributed by atoms with Crippen LogP contribution in [0.4, 0.5) is 5.69 Å². The molecule has 0 atom stereocenters. The molecule has 0 aliphatic carbocycles. The first-order chi connectivity index (χ1) is 14.4. The van der Waals surface area contributed by atoms with Crippen molar-refractivity contribution in [3.05, 3.63) is 69.1 Å². The highest BCUT2D eigenvalue weighted by molar-refractivity contribution is 7.98. The van der Waals surface area contributed by atoms with Crippen molar-refractivity contribution in [1.82, 2.24) is 4.98 Å². The monoisotopic (exact) mass is 462 g/mol. The summed E-state index contributed by atoms with van der Waals surface area (Å²) < 4.78 is 10.1. The van der Waals surface area contributed by atoms with Crippen molar-refractivity contribution < 1.29 is 19.1 Å². The summed E-state index contributed by atoms with van der Waals surface area (Å²) in [5.41, 5.74) is 1.90. The topological polar surface area (TPSA) is 77.5 Å². The number of nitrogens with zero attached hydrogens (tertiary/aromatic N) is 1. The number of aromatic nitrogens is 1. The fourth-order valence-electron chi connectivity index (χ4n) is 2.47. The molecule has 0 unspecified atom stereocenters. The number of nitrogens with one attached hydrogen (secondary N) is 1.